The predicted octanol–water partition coefficient (Wildman–Crippen LogP) is 3.80. The Kier molecular flexibility index (Phi) is 4.59. The highest BCUT2D eigenvalue weighted by Gasteiger charge is 2.09. The molecule has 2 aromatic heterocycles. The highest BCUT2D eigenvalue weighted by atomic mass is 16.5. The number of amides is 1. The Labute approximate surface area is 157 Å². The summed E-state index contributed by atoms with van der Waals surface area (Å²) in [4.78, 5) is 15.6. The van der Waals surface area contributed by atoms with Gasteiger partial charge in [-0.05, 0) is 54.8 Å². The summed E-state index contributed by atoms with van der Waals surface area (Å²) < 4.78 is 7.30. The van der Waals surface area contributed by atoms with Crippen LogP contribution in [0.4, 0.5) is 0 Å². The summed E-state index contributed by atoms with van der Waals surface area (Å²) in [6, 6.07) is 14.2. The zero-order valence-corrected chi connectivity index (χ0v) is 15.6. The minimum absolute atomic E-state index is 0.0198. The van der Waals surface area contributed by atoms with Gasteiger partial charge in [0.2, 0.25) is 5.91 Å². The number of aryl methyl sites for hydroxylation is 1. The minimum atomic E-state index is 0.0198. The topological polar surface area (TPSA) is 59.0 Å². The molecule has 0 aliphatic heterocycles. The fraction of sp³-hybridized carbons (Fsp3) is 0.227. The first kappa shape index (κ1) is 17.2. The molecule has 0 aliphatic carbocycles. The van der Waals surface area contributed by atoms with E-state index in [-0.39, 0.29) is 5.91 Å². The van der Waals surface area contributed by atoms with Crippen LogP contribution in [0.25, 0.3) is 21.8 Å². The number of nitrogens with zero attached hydrogens (tertiary/aromatic N) is 1. The molecule has 4 aromatic rings. The van der Waals surface area contributed by atoms with E-state index in [1.807, 2.05) is 41.2 Å². The van der Waals surface area contributed by atoms with E-state index in [0.29, 0.717) is 13.1 Å². The van der Waals surface area contributed by atoms with Gasteiger partial charge in [0.05, 0.1) is 7.11 Å². The second kappa shape index (κ2) is 7.19. The maximum atomic E-state index is 12.4. The minimum Gasteiger partial charge on any atom is -0.497 e. The van der Waals surface area contributed by atoms with Crippen LogP contribution in [-0.4, -0.2) is 29.1 Å². The van der Waals surface area contributed by atoms with E-state index in [0.717, 1.165) is 28.6 Å². The molecule has 0 spiro atoms. The Bertz CT molecular complexity index is 1110. The van der Waals surface area contributed by atoms with Crippen LogP contribution in [0.1, 0.15) is 11.1 Å². The second-order valence-electron chi connectivity index (χ2n) is 6.78. The number of hydrogen-bond donors (Lipinski definition) is 2. The summed E-state index contributed by atoms with van der Waals surface area (Å²) in [7, 11) is 1.67. The van der Waals surface area contributed by atoms with Gasteiger partial charge < -0.3 is 19.6 Å². The van der Waals surface area contributed by atoms with Gasteiger partial charge in [-0.15, -0.1) is 0 Å². The van der Waals surface area contributed by atoms with Crippen LogP contribution in [0.5, 0.6) is 5.75 Å². The number of carbonyl (C=O) groups excluding carboxylic acids is 1. The fourth-order valence-electron chi connectivity index (χ4n) is 3.55. The Morgan fingerprint density at radius 3 is 2.93 bits per heavy atom. The van der Waals surface area contributed by atoms with Crippen molar-refractivity contribution in [3.05, 3.63) is 66.0 Å². The number of rotatable bonds is 6. The molecule has 0 bridgehead atoms. The number of nitrogens with one attached hydrogen (secondary N) is 2. The molecule has 0 unspecified atom stereocenters. The zero-order valence-electron chi connectivity index (χ0n) is 15.6. The maximum absolute atomic E-state index is 12.4. The van der Waals surface area contributed by atoms with Gasteiger partial charge in [-0.3, -0.25) is 4.79 Å². The van der Waals surface area contributed by atoms with Crippen LogP contribution in [0.2, 0.25) is 0 Å². The highest BCUT2D eigenvalue weighted by Crippen LogP contribution is 2.24. The summed E-state index contributed by atoms with van der Waals surface area (Å²) >= 11 is 0. The molecule has 0 aliphatic rings. The molecule has 27 heavy (non-hydrogen) atoms. The average molecular weight is 361 g/mol. The first-order chi connectivity index (χ1) is 13.2. The van der Waals surface area contributed by atoms with Crippen LogP contribution in [0.15, 0.2) is 54.9 Å². The van der Waals surface area contributed by atoms with Gasteiger partial charge in [0.1, 0.15) is 12.3 Å². The van der Waals surface area contributed by atoms with E-state index in [4.69, 9.17) is 4.74 Å². The number of fused-ring (bicyclic) bond motifs is 2. The van der Waals surface area contributed by atoms with Gasteiger partial charge >= 0.3 is 0 Å². The van der Waals surface area contributed by atoms with Crippen molar-refractivity contribution < 1.29 is 9.53 Å². The molecule has 0 saturated heterocycles. The van der Waals surface area contributed by atoms with Gasteiger partial charge in [-0.1, -0.05) is 12.1 Å². The van der Waals surface area contributed by atoms with Gasteiger partial charge in [0, 0.05) is 40.7 Å². The van der Waals surface area contributed by atoms with Crippen LogP contribution in [0, 0.1) is 6.92 Å². The van der Waals surface area contributed by atoms with Crippen LogP contribution in [-0.2, 0) is 17.8 Å². The van der Waals surface area contributed by atoms with Crippen molar-refractivity contribution >= 4 is 27.7 Å². The molecule has 0 saturated carbocycles. The number of aromatic amines is 1. The molecule has 2 aromatic carbocycles. The lowest BCUT2D eigenvalue weighted by molar-refractivity contribution is -0.121. The quantitative estimate of drug-likeness (QED) is 0.549. The van der Waals surface area contributed by atoms with Gasteiger partial charge in [0.15, 0.2) is 0 Å². The van der Waals surface area contributed by atoms with E-state index in [1.54, 1.807) is 7.11 Å². The average Bonchev–Trinajstić information content (AvgIpc) is 3.27. The van der Waals surface area contributed by atoms with Crippen molar-refractivity contribution in [3.63, 3.8) is 0 Å². The lowest BCUT2D eigenvalue weighted by Crippen LogP contribution is -2.29. The van der Waals surface area contributed by atoms with Crippen molar-refractivity contribution in [3.8, 4) is 5.75 Å². The lowest BCUT2D eigenvalue weighted by Gasteiger charge is -2.08. The molecule has 138 valence electrons. The summed E-state index contributed by atoms with van der Waals surface area (Å²) in [5.41, 5.74) is 4.56. The Morgan fingerprint density at radius 2 is 2.07 bits per heavy atom. The first-order valence-corrected chi connectivity index (χ1v) is 9.11. The largest absolute Gasteiger partial charge is 0.497 e. The van der Waals surface area contributed by atoms with Crippen molar-refractivity contribution in [1.29, 1.82) is 0 Å². The molecule has 5 nitrogen and oxygen atoms in total. The maximum Gasteiger partial charge on any atom is 0.239 e. The molecule has 5 heteroatoms. The summed E-state index contributed by atoms with van der Waals surface area (Å²) in [5.74, 6) is 0.855. The van der Waals surface area contributed by atoms with Gasteiger partial charge in [-0.25, -0.2) is 0 Å². The molecule has 2 N–H and O–H groups in total. The summed E-state index contributed by atoms with van der Waals surface area (Å²) in [5, 5.41) is 5.35. The Balaban J connectivity index is 1.39. The molecule has 0 atom stereocenters. The van der Waals surface area contributed by atoms with Crippen molar-refractivity contribution in [2.24, 2.45) is 0 Å². The number of benzene rings is 2. The number of ether oxygens (including phenoxy) is 1. The third-order valence-corrected chi connectivity index (χ3v) is 5.04. The number of methoxy groups -OCH3 is 1. The highest BCUT2D eigenvalue weighted by molar-refractivity contribution is 5.86. The standard InChI is InChI=1S/C22H23N3O2/c1-15-4-3-5-21-18(15)9-11-25(21)14-22(26)23-10-8-16-13-24-20-7-6-17(27-2)12-19(16)20/h3-7,9,11-13,24H,8,10,14H2,1-2H3,(H,23,26). The van der Waals surface area contributed by atoms with Crippen molar-refractivity contribution in [2.75, 3.05) is 13.7 Å². The van der Waals surface area contributed by atoms with Crippen LogP contribution in [0.3, 0.4) is 0 Å². The smallest absolute Gasteiger partial charge is 0.239 e. The van der Waals surface area contributed by atoms with Crippen molar-refractivity contribution in [1.82, 2.24) is 14.9 Å². The molecular formula is C22H23N3O2. The second-order valence-corrected chi connectivity index (χ2v) is 6.78. The number of hydrogen-bond acceptors (Lipinski definition) is 2. The molecule has 0 fully saturated rings. The third kappa shape index (κ3) is 3.40. The van der Waals surface area contributed by atoms with Crippen molar-refractivity contribution in [2.45, 2.75) is 19.9 Å². The monoisotopic (exact) mass is 361 g/mol. The number of carbonyl (C=O) groups is 1. The molecule has 0 radical (unpaired) electrons. The van der Waals surface area contributed by atoms with E-state index in [9.17, 15) is 4.79 Å². The fourth-order valence-corrected chi connectivity index (χ4v) is 3.55. The van der Waals surface area contributed by atoms with E-state index >= 15 is 0 Å². The van der Waals surface area contributed by atoms with E-state index < -0.39 is 0 Å². The predicted molar refractivity (Wildman–Crippen MR) is 108 cm³/mol. The Morgan fingerprint density at radius 1 is 1.19 bits per heavy atom. The molecule has 4 rings (SSSR count). The normalized spacial score (nSPS) is 11.2. The summed E-state index contributed by atoms with van der Waals surface area (Å²) in [6.07, 6.45) is 4.74. The number of H-pyrrole nitrogens is 1. The van der Waals surface area contributed by atoms with Gasteiger partial charge in [-0.2, -0.15) is 0 Å². The molecule has 1 amide bonds. The molecular weight excluding hydrogens is 338 g/mol. The third-order valence-electron chi connectivity index (χ3n) is 5.04. The van der Waals surface area contributed by atoms with E-state index in [2.05, 4.69) is 35.4 Å². The van der Waals surface area contributed by atoms with Crippen LogP contribution < -0.4 is 10.1 Å². The lowest BCUT2D eigenvalue weighted by atomic mass is 10.1. The summed E-state index contributed by atoms with van der Waals surface area (Å²) in [6.45, 7) is 3.01. The molecule has 2 heterocycles. The van der Waals surface area contributed by atoms with E-state index in [1.165, 1.54) is 16.5 Å². The Hall–Kier alpha value is -3.21. The van der Waals surface area contributed by atoms with Gasteiger partial charge in [0.25, 0.3) is 0 Å². The van der Waals surface area contributed by atoms with Crippen LogP contribution >= 0.6 is 0 Å². The number of aromatic nitrogens is 2. The zero-order chi connectivity index (χ0) is 18.8. The SMILES string of the molecule is COc1ccc2[nH]cc(CCNC(=O)Cn3ccc4c(C)cccc43)c2c1. The first-order valence-electron chi connectivity index (χ1n) is 9.11.